The van der Waals surface area contributed by atoms with E-state index in [1.165, 1.54) is 12.1 Å². The van der Waals surface area contributed by atoms with Crippen LogP contribution in [0.3, 0.4) is 0 Å². The van der Waals surface area contributed by atoms with Gasteiger partial charge in [-0.05, 0) is 61.8 Å². The number of rotatable bonds is 3. The topological polar surface area (TPSA) is 49.9 Å². The number of carbonyl (C=O) groups excluding carboxylic acids is 2. The number of fused-ring (bicyclic) bond motifs is 1. The Labute approximate surface area is 159 Å². The molecule has 2 heterocycles. The number of hydroxylamine groups is 2. The molecule has 4 rings (SSSR count). The third-order valence-corrected chi connectivity index (χ3v) is 6.69. The van der Waals surface area contributed by atoms with Crippen LogP contribution in [-0.4, -0.2) is 54.9 Å². The largest absolute Gasteiger partial charge is 0.343 e. The highest BCUT2D eigenvalue weighted by molar-refractivity contribution is 6.05. The molecule has 0 bridgehead atoms. The number of hydrogen-bond acceptors (Lipinski definition) is 4. The number of nitrogens with zero attached hydrogens (tertiary/aromatic N) is 2. The van der Waals surface area contributed by atoms with Crippen LogP contribution in [-0.2, 0) is 16.1 Å². The number of halogens is 1. The van der Waals surface area contributed by atoms with Crippen molar-refractivity contribution in [1.29, 1.82) is 0 Å². The summed E-state index contributed by atoms with van der Waals surface area (Å²) in [5, 5.41) is 1.94. The van der Waals surface area contributed by atoms with Crippen molar-refractivity contribution in [3.63, 3.8) is 0 Å². The second kappa shape index (κ2) is 7.32. The smallest absolute Gasteiger partial charge is 0.222 e. The van der Waals surface area contributed by atoms with Crippen molar-refractivity contribution < 1.29 is 18.8 Å². The minimum absolute atomic E-state index is 0.136. The summed E-state index contributed by atoms with van der Waals surface area (Å²) >= 11 is 0. The quantitative estimate of drug-likeness (QED) is 0.816. The molecule has 1 aromatic carbocycles. The van der Waals surface area contributed by atoms with Gasteiger partial charge in [0.1, 0.15) is 5.82 Å². The van der Waals surface area contributed by atoms with Crippen molar-refractivity contribution in [2.75, 3.05) is 33.3 Å². The molecule has 0 radical (unpaired) electrons. The van der Waals surface area contributed by atoms with Gasteiger partial charge in [-0.3, -0.25) is 9.59 Å². The summed E-state index contributed by atoms with van der Waals surface area (Å²) in [5.74, 6) is 0.470. The molecule has 0 unspecified atom stereocenters. The molecule has 1 amide bonds. The van der Waals surface area contributed by atoms with E-state index in [9.17, 15) is 14.0 Å². The molecule has 27 heavy (non-hydrogen) atoms. The van der Waals surface area contributed by atoms with Crippen LogP contribution in [0.2, 0.25) is 0 Å². The van der Waals surface area contributed by atoms with Gasteiger partial charge >= 0.3 is 0 Å². The molecule has 0 saturated carbocycles. The fourth-order valence-electron chi connectivity index (χ4n) is 4.92. The molecule has 3 aliphatic rings. The van der Waals surface area contributed by atoms with E-state index in [2.05, 4.69) is 0 Å². The lowest BCUT2D eigenvalue weighted by molar-refractivity contribution is -0.151. The summed E-state index contributed by atoms with van der Waals surface area (Å²) in [6.07, 6.45) is 4.51. The van der Waals surface area contributed by atoms with E-state index in [-0.39, 0.29) is 17.5 Å². The fraction of sp³-hybridized carbons (Fsp3) is 0.619. The summed E-state index contributed by atoms with van der Waals surface area (Å²) in [5.41, 5.74) is 1.06. The summed E-state index contributed by atoms with van der Waals surface area (Å²) < 4.78 is 13.5. The highest BCUT2D eigenvalue weighted by Gasteiger charge is 2.47. The Morgan fingerprint density at radius 1 is 1.22 bits per heavy atom. The minimum Gasteiger partial charge on any atom is -0.343 e. The second-order valence-electron chi connectivity index (χ2n) is 8.23. The van der Waals surface area contributed by atoms with Gasteiger partial charge in [-0.1, -0.05) is 0 Å². The van der Waals surface area contributed by atoms with Gasteiger partial charge in [0.2, 0.25) is 5.91 Å². The number of carbonyl (C=O) groups is 2. The summed E-state index contributed by atoms with van der Waals surface area (Å²) in [6.45, 7) is 3.00. The molecule has 146 valence electrons. The third-order valence-electron chi connectivity index (χ3n) is 6.69. The minimum atomic E-state index is -0.434. The lowest BCUT2D eigenvalue weighted by atomic mass is 9.75. The zero-order chi connectivity index (χ0) is 19.0. The van der Waals surface area contributed by atoms with Crippen molar-refractivity contribution in [2.24, 2.45) is 11.3 Å². The zero-order valence-electron chi connectivity index (χ0n) is 15.9. The molecular formula is C21H27FN2O3. The van der Waals surface area contributed by atoms with Crippen molar-refractivity contribution in [3.8, 4) is 0 Å². The Kier molecular flexibility index (Phi) is 5.03. The van der Waals surface area contributed by atoms with Gasteiger partial charge in [0.15, 0.2) is 5.78 Å². The maximum atomic E-state index is 13.5. The number of piperidine rings is 2. The van der Waals surface area contributed by atoms with Gasteiger partial charge in [0.25, 0.3) is 0 Å². The number of Topliss-reactive ketones (excluding diaryl/α,β-unsaturated/α-hetero) is 1. The Balaban J connectivity index is 1.33. The number of amides is 1. The lowest BCUT2D eigenvalue weighted by Crippen LogP contribution is -2.46. The first-order valence-corrected chi connectivity index (χ1v) is 9.91. The predicted octanol–water partition coefficient (Wildman–Crippen LogP) is 2.84. The van der Waals surface area contributed by atoms with Crippen LogP contribution in [0.15, 0.2) is 18.2 Å². The number of likely N-dealkylation sites (tertiary alicyclic amines) is 1. The van der Waals surface area contributed by atoms with Crippen molar-refractivity contribution in [3.05, 3.63) is 35.1 Å². The summed E-state index contributed by atoms with van der Waals surface area (Å²) in [4.78, 5) is 32.8. The van der Waals surface area contributed by atoms with Crippen LogP contribution in [0.4, 0.5) is 4.39 Å². The van der Waals surface area contributed by atoms with Crippen LogP contribution in [0.25, 0.3) is 0 Å². The van der Waals surface area contributed by atoms with E-state index >= 15 is 0 Å². The number of hydrogen-bond donors (Lipinski definition) is 0. The Morgan fingerprint density at radius 2 is 1.93 bits per heavy atom. The van der Waals surface area contributed by atoms with Gasteiger partial charge in [-0.25, -0.2) is 4.39 Å². The predicted molar refractivity (Wildman–Crippen MR) is 98.6 cm³/mol. The maximum Gasteiger partial charge on any atom is 0.222 e. The number of benzene rings is 1. The standard InChI is InChI=1S/C21H27FN2O3/c1-27-24-8-4-15(5-9-24)12-19(25)23-10-6-21(7-11-23)14-16-13-17(22)2-3-18(16)20(21)26/h2-3,13,15H,4-12,14H2,1H3. The second-order valence-corrected chi connectivity index (χ2v) is 8.23. The van der Waals surface area contributed by atoms with Gasteiger partial charge in [0, 0.05) is 43.6 Å². The van der Waals surface area contributed by atoms with Crippen LogP contribution < -0.4 is 0 Å². The molecule has 1 aliphatic carbocycles. The highest BCUT2D eigenvalue weighted by Crippen LogP contribution is 2.44. The molecular weight excluding hydrogens is 347 g/mol. The Hall–Kier alpha value is -1.79. The molecule has 0 atom stereocenters. The van der Waals surface area contributed by atoms with Gasteiger partial charge < -0.3 is 9.74 Å². The van der Waals surface area contributed by atoms with Crippen LogP contribution in [0.1, 0.15) is 48.0 Å². The van der Waals surface area contributed by atoms with Crippen LogP contribution >= 0.6 is 0 Å². The molecule has 0 aromatic heterocycles. The molecule has 2 saturated heterocycles. The molecule has 1 spiro atoms. The molecule has 2 aliphatic heterocycles. The van der Waals surface area contributed by atoms with Crippen LogP contribution in [0.5, 0.6) is 0 Å². The molecule has 1 aromatic rings. The van der Waals surface area contributed by atoms with Crippen molar-refractivity contribution >= 4 is 11.7 Å². The van der Waals surface area contributed by atoms with Crippen LogP contribution in [0, 0.1) is 17.2 Å². The average Bonchev–Trinajstić information content (AvgIpc) is 2.93. The monoisotopic (exact) mass is 374 g/mol. The average molecular weight is 374 g/mol. The highest BCUT2D eigenvalue weighted by atomic mass is 19.1. The maximum absolute atomic E-state index is 13.5. The zero-order valence-corrected chi connectivity index (χ0v) is 15.9. The van der Waals surface area contributed by atoms with E-state index in [1.807, 2.05) is 9.96 Å². The van der Waals surface area contributed by atoms with Crippen molar-refractivity contribution in [1.82, 2.24) is 9.96 Å². The number of ketones is 1. The molecule has 6 heteroatoms. The van der Waals surface area contributed by atoms with Gasteiger partial charge in [0.05, 0.1) is 7.11 Å². The van der Waals surface area contributed by atoms with Crippen molar-refractivity contribution in [2.45, 2.75) is 38.5 Å². The Bertz CT molecular complexity index is 735. The van der Waals surface area contributed by atoms with Gasteiger partial charge in [-0.2, -0.15) is 5.06 Å². The first-order chi connectivity index (χ1) is 13.0. The summed E-state index contributed by atoms with van der Waals surface area (Å²) in [7, 11) is 1.69. The molecule has 5 nitrogen and oxygen atoms in total. The van der Waals surface area contributed by atoms with Gasteiger partial charge in [-0.15, -0.1) is 0 Å². The van der Waals surface area contributed by atoms with E-state index in [1.54, 1.807) is 13.2 Å². The normalized spacial score (nSPS) is 23.0. The van der Waals surface area contributed by atoms with E-state index < -0.39 is 5.41 Å². The van der Waals surface area contributed by atoms with E-state index in [0.29, 0.717) is 50.3 Å². The first kappa shape index (κ1) is 18.6. The third kappa shape index (κ3) is 3.52. The summed E-state index contributed by atoms with van der Waals surface area (Å²) in [6, 6.07) is 4.47. The molecule has 0 N–H and O–H groups in total. The van der Waals surface area contributed by atoms with E-state index in [4.69, 9.17) is 4.84 Å². The van der Waals surface area contributed by atoms with E-state index in [0.717, 1.165) is 31.5 Å². The fourth-order valence-corrected chi connectivity index (χ4v) is 4.92. The Morgan fingerprint density at radius 3 is 2.59 bits per heavy atom. The molecule has 2 fully saturated rings. The SMILES string of the molecule is CON1CCC(CC(=O)N2CCC3(CC2)Cc2cc(F)ccc2C3=O)CC1. The first-order valence-electron chi connectivity index (χ1n) is 9.91. The lowest BCUT2D eigenvalue weighted by Gasteiger charge is -2.39.